The summed E-state index contributed by atoms with van der Waals surface area (Å²) in [5.74, 6) is 0. The van der Waals surface area contributed by atoms with E-state index < -0.39 is 0 Å². The van der Waals surface area contributed by atoms with E-state index in [0.717, 1.165) is 0 Å². The van der Waals surface area contributed by atoms with Gasteiger partial charge in [-0.15, -0.1) is 0 Å². The van der Waals surface area contributed by atoms with Gasteiger partial charge < -0.3 is 0 Å². The van der Waals surface area contributed by atoms with Crippen LogP contribution in [0.3, 0.4) is 0 Å². The maximum atomic E-state index is 3.19. The number of hydrogen-bond donors (Lipinski definition) is 0. The Morgan fingerprint density at radius 1 is 0.667 bits per heavy atom. The zero-order chi connectivity index (χ0) is 5.41. The molecule has 0 saturated heterocycles. The van der Waals surface area contributed by atoms with Crippen LogP contribution in [-0.2, 0) is 29.9 Å². The first-order valence-corrected chi connectivity index (χ1v) is 16.2. The molecule has 0 unspecified atom stereocenters. The standard InChI is InChI=1S/4BrH.2Ti/h4*1H;;/q;;;;2*+2/p-4. The Bertz CT molecular complexity index is 7.51. The fourth-order valence-electron chi connectivity index (χ4n) is 0. The van der Waals surface area contributed by atoms with Gasteiger partial charge in [0.1, 0.15) is 0 Å². The van der Waals surface area contributed by atoms with E-state index in [1.165, 1.54) is 0 Å². The Morgan fingerprint density at radius 2 is 0.667 bits per heavy atom. The third-order valence-corrected chi connectivity index (χ3v) is 0. The second kappa shape index (κ2) is 15.8. The molecule has 0 radical (unpaired) electrons. The van der Waals surface area contributed by atoms with Crippen LogP contribution in [0.2, 0.25) is 0 Å². The van der Waals surface area contributed by atoms with Crippen molar-refractivity contribution in [3.8, 4) is 0 Å². The number of hydrogen-bond acceptors (Lipinski definition) is 0. The zero-order valence-corrected chi connectivity index (χ0v) is 12.0. The van der Waals surface area contributed by atoms with E-state index in [1.807, 2.05) is 0 Å². The van der Waals surface area contributed by atoms with E-state index in [0.29, 0.717) is 0 Å². The number of rotatable bonds is 0. The van der Waals surface area contributed by atoms with Crippen molar-refractivity contribution in [2.24, 2.45) is 0 Å². The molecule has 6 heavy (non-hydrogen) atoms. The molecule has 0 nitrogen and oxygen atoms in total. The minimum atomic E-state index is 0.125. The summed E-state index contributed by atoms with van der Waals surface area (Å²) in [4.78, 5) is 0. The van der Waals surface area contributed by atoms with Gasteiger partial charge in [-0.2, -0.15) is 0 Å². The fraction of sp³-hybridized carbons (Fsp3) is 0. The van der Waals surface area contributed by atoms with Crippen LogP contribution < -0.4 is 0 Å². The molecule has 0 aromatic heterocycles. The molecule has 0 saturated carbocycles. The molecule has 0 atom stereocenters. The first kappa shape index (κ1) is 12.1. The summed E-state index contributed by atoms with van der Waals surface area (Å²) in [6.07, 6.45) is 0. The van der Waals surface area contributed by atoms with E-state index in [1.54, 1.807) is 0 Å². The molecule has 0 aliphatic carbocycles. The Balaban J connectivity index is 0. The summed E-state index contributed by atoms with van der Waals surface area (Å²) in [6, 6.07) is 0. The van der Waals surface area contributed by atoms with Gasteiger partial charge >= 0.3 is 82.6 Å². The Kier molecular flexibility index (Phi) is 31.7. The molecule has 0 aromatic rings. The van der Waals surface area contributed by atoms with Crippen LogP contribution in [0.5, 0.6) is 0 Å². The van der Waals surface area contributed by atoms with Crippen LogP contribution in [0.1, 0.15) is 0 Å². The van der Waals surface area contributed by atoms with Gasteiger partial charge in [0.15, 0.2) is 0 Å². The van der Waals surface area contributed by atoms with Crippen molar-refractivity contribution < 1.29 is 29.9 Å². The van der Waals surface area contributed by atoms with Crippen molar-refractivity contribution >= 4 is 52.6 Å². The summed E-state index contributed by atoms with van der Waals surface area (Å²) in [5, 5.41) is 0. The van der Waals surface area contributed by atoms with Gasteiger partial charge in [-0.3, -0.25) is 0 Å². The van der Waals surface area contributed by atoms with Gasteiger partial charge in [-0.05, 0) is 0 Å². The van der Waals surface area contributed by atoms with E-state index in [-0.39, 0.29) is 29.9 Å². The van der Waals surface area contributed by atoms with Gasteiger partial charge in [-0.25, -0.2) is 0 Å². The molecule has 0 amide bonds. The van der Waals surface area contributed by atoms with Gasteiger partial charge in [0.25, 0.3) is 0 Å². The van der Waals surface area contributed by atoms with E-state index in [9.17, 15) is 0 Å². The van der Waals surface area contributed by atoms with E-state index in [2.05, 4.69) is 52.6 Å². The molecule has 0 rings (SSSR count). The number of halogens is 4. The topological polar surface area (TPSA) is 0 Å². The van der Waals surface area contributed by atoms with Gasteiger partial charge in [0.05, 0.1) is 0 Å². The summed E-state index contributed by atoms with van der Waals surface area (Å²) < 4.78 is 0. The molecule has 0 aliphatic rings. The van der Waals surface area contributed by atoms with Crippen LogP contribution >= 0.6 is 52.6 Å². The molecule has 0 bridgehead atoms. The fourth-order valence-corrected chi connectivity index (χ4v) is 0. The maximum absolute atomic E-state index is 3.19. The second-order valence-electron chi connectivity index (χ2n) is 0.143. The van der Waals surface area contributed by atoms with Crippen molar-refractivity contribution in [2.75, 3.05) is 0 Å². The first-order valence-electron chi connectivity index (χ1n) is 0.756. The van der Waals surface area contributed by atoms with Crippen LogP contribution in [-0.4, -0.2) is 0 Å². The van der Waals surface area contributed by atoms with Crippen molar-refractivity contribution in [3.63, 3.8) is 0 Å². The second-order valence-corrected chi connectivity index (χ2v) is 15.9. The molecule has 0 heterocycles. The molecule has 0 aromatic carbocycles. The first-order chi connectivity index (χ1) is 2.83. The summed E-state index contributed by atoms with van der Waals surface area (Å²) in [6.45, 7) is 0. The van der Waals surface area contributed by atoms with Crippen LogP contribution in [0.25, 0.3) is 0 Å². The average molecular weight is 415 g/mol. The molecule has 0 fully saturated rings. The van der Waals surface area contributed by atoms with E-state index >= 15 is 0 Å². The normalized spacial score (nSPS) is 4.67. The van der Waals surface area contributed by atoms with Crippen molar-refractivity contribution in [1.82, 2.24) is 0 Å². The van der Waals surface area contributed by atoms with E-state index in [4.69, 9.17) is 0 Å². The van der Waals surface area contributed by atoms with Crippen molar-refractivity contribution in [2.45, 2.75) is 0 Å². The SMILES string of the molecule is [Br][Ti][Br].[Br][Ti][Br]. The Morgan fingerprint density at radius 3 is 0.667 bits per heavy atom. The molecule has 0 spiro atoms. The third-order valence-electron chi connectivity index (χ3n) is 0. The molecule has 6 heteroatoms. The predicted molar refractivity (Wildman–Crippen MR) is 35.7 cm³/mol. The molecule has 36 valence electrons. The van der Waals surface area contributed by atoms with Crippen molar-refractivity contribution in [3.05, 3.63) is 0 Å². The van der Waals surface area contributed by atoms with Gasteiger partial charge in [0.2, 0.25) is 0 Å². The van der Waals surface area contributed by atoms with Crippen LogP contribution in [0.4, 0.5) is 0 Å². The Labute approximate surface area is 80.6 Å². The third kappa shape index (κ3) is 26.4. The predicted octanol–water partition coefficient (Wildman–Crippen LogP) is 3.38. The van der Waals surface area contributed by atoms with Crippen LogP contribution in [0.15, 0.2) is 0 Å². The summed E-state index contributed by atoms with van der Waals surface area (Å²) >= 11 is 13.0. The van der Waals surface area contributed by atoms with Crippen LogP contribution in [0, 0.1) is 0 Å². The molecule has 0 N–H and O–H groups in total. The minimum absolute atomic E-state index is 0.125. The molecular weight excluding hydrogens is 415 g/mol. The average Bonchev–Trinajstić information content (AvgIpc) is 1.39. The monoisotopic (exact) mass is 412 g/mol. The zero-order valence-electron chi connectivity index (χ0n) is 2.51. The quantitative estimate of drug-likeness (QED) is 0.533. The summed E-state index contributed by atoms with van der Waals surface area (Å²) in [5.41, 5.74) is 0. The van der Waals surface area contributed by atoms with Gasteiger partial charge in [-0.1, -0.05) is 0 Å². The van der Waals surface area contributed by atoms with Crippen molar-refractivity contribution in [1.29, 1.82) is 0 Å². The summed E-state index contributed by atoms with van der Waals surface area (Å²) in [7, 11) is 0. The van der Waals surface area contributed by atoms with Gasteiger partial charge in [0, 0.05) is 0 Å². The molecular formula is Br4Ti2. The Hall–Kier alpha value is 3.35. The molecule has 0 aliphatic heterocycles.